The van der Waals surface area contributed by atoms with Crippen molar-refractivity contribution in [1.29, 1.82) is 0 Å². The van der Waals surface area contributed by atoms with Crippen LogP contribution >= 0.6 is 23.2 Å². The second-order valence-electron chi connectivity index (χ2n) is 5.21. The Labute approximate surface area is 147 Å². The van der Waals surface area contributed by atoms with Gasteiger partial charge in [0.05, 0.1) is 17.2 Å². The minimum Gasteiger partial charge on any atom is -0.326 e. The van der Waals surface area contributed by atoms with E-state index in [1.165, 1.54) is 10.9 Å². The number of carbonyl (C=O) groups is 1. The van der Waals surface area contributed by atoms with Gasteiger partial charge in [-0.1, -0.05) is 29.3 Å². The van der Waals surface area contributed by atoms with Crippen LogP contribution < -0.4 is 10.9 Å². The average Bonchev–Trinajstić information content (AvgIpc) is 2.55. The molecule has 0 spiro atoms. The Morgan fingerprint density at radius 3 is 2.71 bits per heavy atom. The second kappa shape index (κ2) is 7.03. The van der Waals surface area contributed by atoms with Gasteiger partial charge in [-0.2, -0.15) is 0 Å². The Kier molecular flexibility index (Phi) is 4.83. The number of nitrogens with one attached hydrogen (secondary N) is 1. The number of amides is 1. The number of aryl methyl sites for hydroxylation is 1. The molecular weight excluding hydrogens is 349 g/mol. The highest BCUT2D eigenvalue weighted by atomic mass is 35.5. The summed E-state index contributed by atoms with van der Waals surface area (Å²) in [6, 6.07) is 11.8. The Morgan fingerprint density at radius 1 is 1.12 bits per heavy atom. The van der Waals surface area contributed by atoms with Gasteiger partial charge in [0.15, 0.2) is 0 Å². The summed E-state index contributed by atoms with van der Waals surface area (Å²) in [6.07, 6.45) is 1.57. The van der Waals surface area contributed by atoms with Crippen molar-refractivity contribution in [3.05, 3.63) is 69.2 Å². The molecule has 0 atom stereocenters. The van der Waals surface area contributed by atoms with Gasteiger partial charge in [-0.05, 0) is 36.4 Å². The topological polar surface area (TPSA) is 64.0 Å². The lowest BCUT2D eigenvalue weighted by Crippen LogP contribution is -2.23. The van der Waals surface area contributed by atoms with E-state index in [2.05, 4.69) is 10.3 Å². The number of halogens is 2. The number of carbonyl (C=O) groups excluding carboxylic acids is 1. The van der Waals surface area contributed by atoms with Crippen LogP contribution in [-0.4, -0.2) is 15.5 Å². The zero-order valence-corrected chi connectivity index (χ0v) is 14.0. The van der Waals surface area contributed by atoms with E-state index in [1.807, 2.05) is 0 Å². The predicted octanol–water partition coefficient (Wildman–Crippen LogP) is 3.73. The summed E-state index contributed by atoms with van der Waals surface area (Å²) in [5, 5.41) is 4.18. The fourth-order valence-corrected chi connectivity index (χ4v) is 2.66. The third-order valence-corrected chi connectivity index (χ3v) is 3.94. The van der Waals surface area contributed by atoms with Gasteiger partial charge in [0, 0.05) is 28.7 Å². The van der Waals surface area contributed by atoms with Crippen molar-refractivity contribution >= 4 is 45.7 Å². The standard InChI is InChI=1S/C17H13Cl2N3O2/c18-11-2-1-3-13(8-11)21-16(23)6-7-22-10-20-15-5-4-12(19)9-14(15)17(22)24/h1-5,8-10H,6-7H2,(H,21,23). The van der Waals surface area contributed by atoms with Crippen LogP contribution in [-0.2, 0) is 11.3 Å². The van der Waals surface area contributed by atoms with Crippen molar-refractivity contribution in [2.24, 2.45) is 0 Å². The van der Waals surface area contributed by atoms with E-state index in [1.54, 1.807) is 42.5 Å². The minimum atomic E-state index is -0.224. The van der Waals surface area contributed by atoms with Crippen LogP contribution in [0.5, 0.6) is 0 Å². The van der Waals surface area contributed by atoms with Crippen LogP contribution in [0.4, 0.5) is 5.69 Å². The quantitative estimate of drug-likeness (QED) is 0.769. The molecular formula is C17H13Cl2N3O2. The van der Waals surface area contributed by atoms with Crippen molar-refractivity contribution in [1.82, 2.24) is 9.55 Å². The van der Waals surface area contributed by atoms with Crippen LogP contribution in [0.1, 0.15) is 6.42 Å². The number of anilines is 1. The second-order valence-corrected chi connectivity index (χ2v) is 6.09. The maximum atomic E-state index is 12.4. The maximum absolute atomic E-state index is 12.4. The van der Waals surface area contributed by atoms with E-state index >= 15 is 0 Å². The SMILES string of the molecule is O=C(CCn1cnc2ccc(Cl)cc2c1=O)Nc1cccc(Cl)c1. The molecule has 7 heteroatoms. The molecule has 1 amide bonds. The maximum Gasteiger partial charge on any atom is 0.261 e. The third kappa shape index (κ3) is 3.75. The first-order chi connectivity index (χ1) is 11.5. The van der Waals surface area contributed by atoms with E-state index in [0.29, 0.717) is 26.6 Å². The molecule has 0 aliphatic rings. The molecule has 122 valence electrons. The first-order valence-electron chi connectivity index (χ1n) is 7.23. The number of hydrogen-bond acceptors (Lipinski definition) is 3. The van der Waals surface area contributed by atoms with Crippen molar-refractivity contribution in [3.63, 3.8) is 0 Å². The zero-order valence-electron chi connectivity index (χ0n) is 12.5. The van der Waals surface area contributed by atoms with Crippen LogP contribution in [0.3, 0.4) is 0 Å². The van der Waals surface area contributed by atoms with Gasteiger partial charge in [0.1, 0.15) is 0 Å². The summed E-state index contributed by atoms with van der Waals surface area (Å²) in [5.74, 6) is -0.213. The van der Waals surface area contributed by atoms with Crippen molar-refractivity contribution in [3.8, 4) is 0 Å². The molecule has 0 saturated heterocycles. The summed E-state index contributed by atoms with van der Waals surface area (Å²) in [6.45, 7) is 0.223. The van der Waals surface area contributed by atoms with Gasteiger partial charge in [-0.3, -0.25) is 14.2 Å². The van der Waals surface area contributed by atoms with Crippen LogP contribution in [0.15, 0.2) is 53.6 Å². The Hall–Kier alpha value is -2.37. The Morgan fingerprint density at radius 2 is 1.92 bits per heavy atom. The highest BCUT2D eigenvalue weighted by Gasteiger charge is 2.08. The molecule has 3 rings (SSSR count). The van der Waals surface area contributed by atoms with Crippen LogP contribution in [0, 0.1) is 0 Å². The van der Waals surface area contributed by atoms with Crippen molar-refractivity contribution in [2.75, 3.05) is 5.32 Å². The number of rotatable bonds is 4. The van der Waals surface area contributed by atoms with Crippen molar-refractivity contribution in [2.45, 2.75) is 13.0 Å². The average molecular weight is 362 g/mol. The molecule has 24 heavy (non-hydrogen) atoms. The van der Waals surface area contributed by atoms with Crippen LogP contribution in [0.25, 0.3) is 10.9 Å². The Balaban J connectivity index is 1.72. The Bertz CT molecular complexity index is 969. The summed E-state index contributed by atoms with van der Waals surface area (Å²) >= 11 is 11.8. The van der Waals surface area contributed by atoms with Gasteiger partial charge < -0.3 is 5.32 Å². The third-order valence-electron chi connectivity index (χ3n) is 3.47. The van der Waals surface area contributed by atoms with Gasteiger partial charge >= 0.3 is 0 Å². The highest BCUT2D eigenvalue weighted by molar-refractivity contribution is 6.31. The van der Waals surface area contributed by atoms with E-state index in [4.69, 9.17) is 23.2 Å². The summed E-state index contributed by atoms with van der Waals surface area (Å²) in [7, 11) is 0. The van der Waals surface area contributed by atoms with Crippen LogP contribution in [0.2, 0.25) is 10.0 Å². The lowest BCUT2D eigenvalue weighted by atomic mass is 10.2. The highest BCUT2D eigenvalue weighted by Crippen LogP contribution is 2.16. The molecule has 3 aromatic rings. The largest absolute Gasteiger partial charge is 0.326 e. The summed E-state index contributed by atoms with van der Waals surface area (Å²) in [4.78, 5) is 28.6. The molecule has 0 bridgehead atoms. The molecule has 1 aromatic heterocycles. The molecule has 2 aromatic carbocycles. The summed E-state index contributed by atoms with van der Waals surface area (Å²) < 4.78 is 1.40. The number of nitrogens with zero attached hydrogens (tertiary/aromatic N) is 2. The molecule has 0 saturated carbocycles. The first kappa shape index (κ1) is 16.5. The van der Waals surface area contributed by atoms with Gasteiger partial charge in [-0.15, -0.1) is 0 Å². The van der Waals surface area contributed by atoms with E-state index < -0.39 is 0 Å². The zero-order chi connectivity index (χ0) is 17.1. The molecule has 0 aliphatic heterocycles. The van der Waals surface area contributed by atoms with E-state index in [0.717, 1.165) is 0 Å². The van der Waals surface area contributed by atoms with Gasteiger partial charge in [0.2, 0.25) is 5.91 Å². The lowest BCUT2D eigenvalue weighted by Gasteiger charge is -2.08. The molecule has 1 N–H and O–H groups in total. The fraction of sp³-hybridized carbons (Fsp3) is 0.118. The van der Waals surface area contributed by atoms with E-state index in [-0.39, 0.29) is 24.4 Å². The number of fused-ring (bicyclic) bond motifs is 1. The molecule has 0 fully saturated rings. The van der Waals surface area contributed by atoms with E-state index in [9.17, 15) is 9.59 Å². The normalized spacial score (nSPS) is 10.8. The molecule has 0 radical (unpaired) electrons. The molecule has 1 heterocycles. The number of aromatic nitrogens is 2. The molecule has 0 unspecified atom stereocenters. The monoisotopic (exact) mass is 361 g/mol. The summed E-state index contributed by atoms with van der Waals surface area (Å²) in [5.41, 5.74) is 0.963. The van der Waals surface area contributed by atoms with Gasteiger partial charge in [-0.25, -0.2) is 4.98 Å². The van der Waals surface area contributed by atoms with Gasteiger partial charge in [0.25, 0.3) is 5.56 Å². The molecule has 0 aliphatic carbocycles. The number of hydrogen-bond donors (Lipinski definition) is 1. The molecule has 5 nitrogen and oxygen atoms in total. The minimum absolute atomic E-state index is 0.139. The smallest absolute Gasteiger partial charge is 0.261 e. The first-order valence-corrected chi connectivity index (χ1v) is 7.98. The number of benzene rings is 2. The van der Waals surface area contributed by atoms with Crippen molar-refractivity contribution < 1.29 is 4.79 Å². The lowest BCUT2D eigenvalue weighted by molar-refractivity contribution is -0.116. The predicted molar refractivity (Wildman–Crippen MR) is 95.7 cm³/mol. The fourth-order valence-electron chi connectivity index (χ4n) is 2.30.